The molecule has 7 nitrogen and oxygen atoms in total. The van der Waals surface area contributed by atoms with Gasteiger partial charge in [-0.2, -0.15) is 0 Å². The largest absolute Gasteiger partial charge is 0.497 e. The van der Waals surface area contributed by atoms with Gasteiger partial charge < -0.3 is 10.1 Å². The standard InChI is InChI=1S/C25H29N3O4S/c1-16-17(2)33-24-22(16)23(30)28(19-10-7-11-20(14-19)32-3)25(31)27(24)15-21(29)26-13-12-18-8-5-4-6-9-18/h7-8,10-11,14H,4-6,9,12-13,15H2,1-3H3,(H,26,29). The summed E-state index contributed by atoms with van der Waals surface area (Å²) >= 11 is 1.37. The van der Waals surface area contributed by atoms with Gasteiger partial charge >= 0.3 is 5.69 Å². The summed E-state index contributed by atoms with van der Waals surface area (Å²) in [6, 6.07) is 6.81. The van der Waals surface area contributed by atoms with Gasteiger partial charge in [-0.05, 0) is 63.6 Å². The lowest BCUT2D eigenvalue weighted by Gasteiger charge is -2.14. The fourth-order valence-corrected chi connectivity index (χ4v) is 5.41. The van der Waals surface area contributed by atoms with Gasteiger partial charge in [-0.15, -0.1) is 11.3 Å². The highest BCUT2D eigenvalue weighted by atomic mass is 32.1. The van der Waals surface area contributed by atoms with E-state index in [1.165, 1.54) is 41.4 Å². The first-order valence-electron chi connectivity index (χ1n) is 11.2. The van der Waals surface area contributed by atoms with Crippen molar-refractivity contribution in [1.29, 1.82) is 0 Å². The number of hydrogen-bond donors (Lipinski definition) is 1. The third-order valence-corrected chi connectivity index (χ3v) is 7.45. The fraction of sp³-hybridized carbons (Fsp3) is 0.400. The summed E-state index contributed by atoms with van der Waals surface area (Å²) in [6.45, 7) is 4.19. The van der Waals surface area contributed by atoms with Crippen LogP contribution in [0.2, 0.25) is 0 Å². The van der Waals surface area contributed by atoms with E-state index in [9.17, 15) is 14.4 Å². The number of carbonyl (C=O) groups excluding carboxylic acids is 1. The first-order chi connectivity index (χ1) is 15.9. The van der Waals surface area contributed by atoms with Crippen LogP contribution in [-0.4, -0.2) is 28.7 Å². The predicted octanol–water partition coefficient (Wildman–Crippen LogP) is 3.85. The van der Waals surface area contributed by atoms with E-state index in [0.29, 0.717) is 28.2 Å². The van der Waals surface area contributed by atoms with Crippen molar-refractivity contribution in [2.24, 2.45) is 0 Å². The van der Waals surface area contributed by atoms with Gasteiger partial charge in [0.2, 0.25) is 5.91 Å². The van der Waals surface area contributed by atoms with E-state index >= 15 is 0 Å². The normalized spacial score (nSPS) is 13.7. The van der Waals surface area contributed by atoms with Crippen LogP contribution < -0.4 is 21.3 Å². The quantitative estimate of drug-likeness (QED) is 0.535. The molecule has 1 aromatic carbocycles. The SMILES string of the molecule is COc1cccc(-n2c(=O)c3c(C)c(C)sc3n(CC(=O)NCCC3=CCCCC3)c2=O)c1. The molecule has 0 spiro atoms. The molecule has 0 aliphatic heterocycles. The third kappa shape index (κ3) is 4.66. The van der Waals surface area contributed by atoms with Gasteiger partial charge in [-0.1, -0.05) is 17.7 Å². The highest BCUT2D eigenvalue weighted by Gasteiger charge is 2.21. The minimum Gasteiger partial charge on any atom is -0.497 e. The molecule has 0 radical (unpaired) electrons. The summed E-state index contributed by atoms with van der Waals surface area (Å²) in [7, 11) is 1.53. The molecule has 174 valence electrons. The van der Waals surface area contributed by atoms with Crippen LogP contribution in [0.3, 0.4) is 0 Å². The second-order valence-corrected chi connectivity index (χ2v) is 9.59. The fourth-order valence-electron chi connectivity index (χ4n) is 4.27. The number of allylic oxidation sites excluding steroid dienone is 1. The van der Waals surface area contributed by atoms with E-state index in [0.717, 1.165) is 34.3 Å². The van der Waals surface area contributed by atoms with E-state index in [2.05, 4.69) is 11.4 Å². The summed E-state index contributed by atoms with van der Waals surface area (Å²) < 4.78 is 7.81. The van der Waals surface area contributed by atoms with Crippen molar-refractivity contribution in [3.05, 3.63) is 67.2 Å². The molecule has 0 atom stereocenters. The molecule has 0 fully saturated rings. The number of methoxy groups -OCH3 is 1. The molecule has 0 saturated heterocycles. The maximum atomic E-state index is 13.5. The van der Waals surface area contributed by atoms with Gasteiger partial charge in [-0.25, -0.2) is 9.36 Å². The number of thiophene rings is 1. The van der Waals surface area contributed by atoms with Gasteiger partial charge in [-0.3, -0.25) is 14.2 Å². The molecular weight excluding hydrogens is 438 g/mol. The number of benzene rings is 1. The van der Waals surface area contributed by atoms with Gasteiger partial charge in [0.1, 0.15) is 17.1 Å². The minimum absolute atomic E-state index is 0.141. The first-order valence-corrected chi connectivity index (χ1v) is 12.1. The molecule has 1 aliphatic carbocycles. The number of hydrogen-bond acceptors (Lipinski definition) is 5. The Hall–Kier alpha value is -3.13. The average Bonchev–Trinajstić information content (AvgIpc) is 3.12. The van der Waals surface area contributed by atoms with Crippen LogP contribution in [0.25, 0.3) is 15.9 Å². The Kier molecular flexibility index (Phi) is 6.83. The van der Waals surface area contributed by atoms with Crippen LogP contribution >= 0.6 is 11.3 Å². The van der Waals surface area contributed by atoms with Crippen LogP contribution in [-0.2, 0) is 11.3 Å². The molecule has 1 amide bonds. The maximum Gasteiger partial charge on any atom is 0.337 e. The molecule has 3 aromatic rings. The summed E-state index contributed by atoms with van der Waals surface area (Å²) in [5.74, 6) is 0.299. The number of aryl methyl sites for hydroxylation is 2. The smallest absolute Gasteiger partial charge is 0.337 e. The lowest BCUT2D eigenvalue weighted by Crippen LogP contribution is -2.41. The Morgan fingerprint density at radius 3 is 2.76 bits per heavy atom. The zero-order chi connectivity index (χ0) is 23.5. The van der Waals surface area contributed by atoms with Crippen LogP contribution in [0.5, 0.6) is 5.75 Å². The number of carbonyl (C=O) groups is 1. The van der Waals surface area contributed by atoms with Crippen molar-refractivity contribution in [2.45, 2.75) is 52.5 Å². The monoisotopic (exact) mass is 467 g/mol. The summed E-state index contributed by atoms with van der Waals surface area (Å²) in [5.41, 5.74) is 1.71. The maximum absolute atomic E-state index is 13.5. The second kappa shape index (κ2) is 9.79. The van der Waals surface area contributed by atoms with Crippen LogP contribution in [0.1, 0.15) is 42.5 Å². The Morgan fingerprint density at radius 2 is 2.03 bits per heavy atom. The zero-order valence-corrected chi connectivity index (χ0v) is 20.1. The van der Waals surface area contributed by atoms with Crippen molar-refractivity contribution in [3.63, 3.8) is 0 Å². The number of nitrogens with zero attached hydrogens (tertiary/aromatic N) is 2. The number of nitrogens with one attached hydrogen (secondary N) is 1. The Morgan fingerprint density at radius 1 is 1.21 bits per heavy atom. The van der Waals surface area contributed by atoms with Crippen LogP contribution in [0, 0.1) is 13.8 Å². The van der Waals surface area contributed by atoms with Crippen molar-refractivity contribution >= 4 is 27.5 Å². The molecule has 0 bridgehead atoms. The molecule has 2 heterocycles. The van der Waals surface area contributed by atoms with E-state index in [4.69, 9.17) is 4.74 Å². The van der Waals surface area contributed by atoms with Gasteiger partial charge in [0.25, 0.3) is 5.56 Å². The molecule has 33 heavy (non-hydrogen) atoms. The number of ether oxygens (including phenoxy) is 1. The topological polar surface area (TPSA) is 82.3 Å². The summed E-state index contributed by atoms with van der Waals surface area (Å²) in [6.07, 6.45) is 7.74. The Bertz CT molecular complexity index is 1350. The van der Waals surface area contributed by atoms with Gasteiger partial charge in [0, 0.05) is 17.5 Å². The molecule has 0 unspecified atom stereocenters. The molecule has 0 saturated carbocycles. The zero-order valence-electron chi connectivity index (χ0n) is 19.3. The minimum atomic E-state index is -0.535. The summed E-state index contributed by atoms with van der Waals surface area (Å²) in [4.78, 5) is 41.1. The molecule has 1 aliphatic rings. The lowest BCUT2D eigenvalue weighted by atomic mass is 9.97. The van der Waals surface area contributed by atoms with Crippen molar-refractivity contribution in [2.75, 3.05) is 13.7 Å². The van der Waals surface area contributed by atoms with E-state index in [1.807, 2.05) is 13.8 Å². The number of amides is 1. The Labute approximate surface area is 196 Å². The van der Waals surface area contributed by atoms with Crippen LogP contribution in [0.4, 0.5) is 0 Å². The van der Waals surface area contributed by atoms with Gasteiger partial charge in [0.05, 0.1) is 18.2 Å². The van der Waals surface area contributed by atoms with Crippen molar-refractivity contribution in [1.82, 2.24) is 14.5 Å². The van der Waals surface area contributed by atoms with Crippen molar-refractivity contribution in [3.8, 4) is 11.4 Å². The second-order valence-electron chi connectivity index (χ2n) is 8.38. The molecular formula is C25H29N3O4S. The van der Waals surface area contributed by atoms with E-state index < -0.39 is 5.69 Å². The van der Waals surface area contributed by atoms with Crippen molar-refractivity contribution < 1.29 is 9.53 Å². The molecule has 1 N–H and O–H groups in total. The third-order valence-electron chi connectivity index (χ3n) is 6.22. The number of fused-ring (bicyclic) bond motifs is 1. The average molecular weight is 468 g/mol. The van der Waals surface area contributed by atoms with E-state index in [-0.39, 0.29) is 18.0 Å². The first kappa shape index (κ1) is 23.0. The van der Waals surface area contributed by atoms with Gasteiger partial charge in [0.15, 0.2) is 0 Å². The van der Waals surface area contributed by atoms with Crippen LogP contribution in [0.15, 0.2) is 45.5 Å². The molecule has 8 heteroatoms. The summed E-state index contributed by atoms with van der Waals surface area (Å²) in [5, 5.41) is 3.41. The lowest BCUT2D eigenvalue weighted by molar-refractivity contribution is -0.121. The highest BCUT2D eigenvalue weighted by molar-refractivity contribution is 7.18. The highest BCUT2D eigenvalue weighted by Crippen LogP contribution is 2.27. The number of aromatic nitrogens is 2. The number of rotatable bonds is 7. The molecule has 4 rings (SSSR count). The van der Waals surface area contributed by atoms with E-state index in [1.54, 1.807) is 24.3 Å². The predicted molar refractivity (Wildman–Crippen MR) is 132 cm³/mol. The molecule has 2 aromatic heterocycles. The Balaban J connectivity index is 1.70.